The Morgan fingerprint density at radius 3 is 2.02 bits per heavy atom. The Morgan fingerprint density at radius 2 is 1.50 bits per heavy atom. The fourth-order valence-electron chi connectivity index (χ4n) is 5.07. The third-order valence-corrected chi connectivity index (χ3v) is 6.79. The van der Waals surface area contributed by atoms with E-state index in [1.54, 1.807) is 30.3 Å². The normalized spacial score (nSPS) is 33.5. The quantitative estimate of drug-likeness (QED) is 0.174. The molecule has 1 amide bonds. The number of aliphatic hydroxyl groups excluding tert-OH is 2. The Labute approximate surface area is 252 Å². The van der Waals surface area contributed by atoms with Gasteiger partial charge in [0.05, 0.1) is 13.2 Å². The van der Waals surface area contributed by atoms with Gasteiger partial charge >= 0.3 is 23.9 Å². The van der Waals surface area contributed by atoms with Crippen molar-refractivity contribution < 1.29 is 72.5 Å². The zero-order chi connectivity index (χ0) is 32.8. The molecular weight excluding hydrogens is 590 g/mol. The number of benzene rings is 1. The van der Waals surface area contributed by atoms with Crippen LogP contribution in [0.2, 0.25) is 0 Å². The first kappa shape index (κ1) is 34.8. The fraction of sp³-hybridized carbons (Fsp3) is 0.607. The van der Waals surface area contributed by atoms with Gasteiger partial charge in [0, 0.05) is 27.7 Å². The van der Waals surface area contributed by atoms with E-state index in [4.69, 9.17) is 33.2 Å². The average Bonchev–Trinajstić information content (AvgIpc) is 2.93. The minimum absolute atomic E-state index is 0.0218. The van der Waals surface area contributed by atoms with Crippen LogP contribution < -0.4 is 5.32 Å². The number of hydrogen-bond donors (Lipinski definition) is 4. The number of carbonyl (C=O) groups is 5. The SMILES string of the molecule is CC(=O)N[C@H]1[C@H](OCc2ccccc2)O[C@H](CO)[C@H](O)[C@@H]1O[C@]1(C)O[C@H](C(=O)O)[C@@H](OC(C)=O)[C@H](OC(C)=O)[C@H]1OC(C)=O. The molecule has 1 aromatic rings. The van der Waals surface area contributed by atoms with Gasteiger partial charge in [-0.2, -0.15) is 0 Å². The average molecular weight is 628 g/mol. The predicted octanol–water partition coefficient (Wildman–Crippen LogP) is -0.834. The number of amides is 1. The number of nitrogens with one attached hydrogen (secondary N) is 1. The van der Waals surface area contributed by atoms with Crippen molar-refractivity contribution in [3.8, 4) is 0 Å². The van der Waals surface area contributed by atoms with Crippen LogP contribution in [0.3, 0.4) is 0 Å². The van der Waals surface area contributed by atoms with Gasteiger partial charge in [0.25, 0.3) is 0 Å². The zero-order valence-electron chi connectivity index (χ0n) is 24.7. The minimum Gasteiger partial charge on any atom is -0.479 e. The second kappa shape index (κ2) is 14.9. The van der Waals surface area contributed by atoms with Crippen molar-refractivity contribution in [1.29, 1.82) is 0 Å². The number of hydrogen-bond acceptors (Lipinski definition) is 14. The summed E-state index contributed by atoms with van der Waals surface area (Å²) in [7, 11) is 0. The number of aliphatic carboxylic acids is 1. The van der Waals surface area contributed by atoms with Crippen molar-refractivity contribution in [2.75, 3.05) is 6.61 Å². The maximum Gasteiger partial charge on any atom is 0.337 e. The van der Waals surface area contributed by atoms with Crippen LogP contribution in [0.15, 0.2) is 30.3 Å². The number of carbonyl (C=O) groups excluding carboxylic acids is 4. The van der Waals surface area contributed by atoms with E-state index in [1.807, 2.05) is 0 Å². The molecule has 16 heteroatoms. The first-order chi connectivity index (χ1) is 20.7. The van der Waals surface area contributed by atoms with Gasteiger partial charge in [0.2, 0.25) is 11.7 Å². The molecule has 0 radical (unpaired) electrons. The van der Waals surface area contributed by atoms with Gasteiger partial charge in [-0.15, -0.1) is 0 Å². The largest absolute Gasteiger partial charge is 0.479 e. The van der Waals surface area contributed by atoms with Gasteiger partial charge < -0.3 is 53.8 Å². The number of esters is 3. The van der Waals surface area contributed by atoms with Crippen molar-refractivity contribution in [3.63, 3.8) is 0 Å². The lowest BCUT2D eigenvalue weighted by Crippen LogP contribution is -2.72. The Kier molecular flexibility index (Phi) is 11.8. The number of aliphatic hydroxyl groups is 2. The summed E-state index contributed by atoms with van der Waals surface area (Å²) in [6.45, 7) is 4.56. The van der Waals surface area contributed by atoms with Gasteiger partial charge in [0.15, 0.2) is 30.7 Å². The highest BCUT2D eigenvalue weighted by Gasteiger charge is 2.62. The monoisotopic (exact) mass is 627 g/mol. The lowest BCUT2D eigenvalue weighted by atomic mass is 9.90. The first-order valence-electron chi connectivity index (χ1n) is 13.6. The second-order valence-electron chi connectivity index (χ2n) is 10.4. The van der Waals surface area contributed by atoms with Gasteiger partial charge in [0.1, 0.15) is 24.4 Å². The lowest BCUT2D eigenvalue weighted by molar-refractivity contribution is -0.384. The topological polar surface area (TPSA) is 223 Å². The van der Waals surface area contributed by atoms with Crippen LogP contribution in [-0.4, -0.2) is 113 Å². The molecule has 0 bridgehead atoms. The van der Waals surface area contributed by atoms with Crippen LogP contribution in [-0.2, 0) is 63.7 Å². The number of carboxylic acid groups (broad SMARTS) is 1. The van der Waals surface area contributed by atoms with Crippen molar-refractivity contribution in [2.45, 2.75) is 102 Å². The van der Waals surface area contributed by atoms with E-state index < -0.39 is 97.2 Å². The summed E-state index contributed by atoms with van der Waals surface area (Å²) in [5.74, 6) is -7.46. The summed E-state index contributed by atoms with van der Waals surface area (Å²) in [4.78, 5) is 60.9. The second-order valence-corrected chi connectivity index (χ2v) is 10.4. The molecule has 44 heavy (non-hydrogen) atoms. The fourth-order valence-corrected chi connectivity index (χ4v) is 5.07. The molecule has 0 saturated carbocycles. The van der Waals surface area contributed by atoms with Crippen molar-refractivity contribution in [1.82, 2.24) is 5.32 Å². The van der Waals surface area contributed by atoms with Crippen molar-refractivity contribution >= 4 is 29.8 Å². The van der Waals surface area contributed by atoms with E-state index in [-0.39, 0.29) is 6.61 Å². The van der Waals surface area contributed by atoms with Gasteiger partial charge in [-0.25, -0.2) is 4.79 Å². The van der Waals surface area contributed by atoms with Gasteiger partial charge in [-0.1, -0.05) is 30.3 Å². The van der Waals surface area contributed by atoms with E-state index in [0.29, 0.717) is 0 Å². The molecular formula is C28H37NO15. The van der Waals surface area contributed by atoms with Crippen molar-refractivity contribution in [3.05, 3.63) is 35.9 Å². The zero-order valence-corrected chi connectivity index (χ0v) is 24.7. The van der Waals surface area contributed by atoms with E-state index in [0.717, 1.165) is 33.3 Å². The van der Waals surface area contributed by atoms with Gasteiger partial charge in [-0.3, -0.25) is 19.2 Å². The van der Waals surface area contributed by atoms with E-state index >= 15 is 0 Å². The first-order valence-corrected chi connectivity index (χ1v) is 13.6. The molecule has 2 heterocycles. The highest BCUT2D eigenvalue weighted by atomic mass is 16.8. The third kappa shape index (κ3) is 8.49. The highest BCUT2D eigenvalue weighted by Crippen LogP contribution is 2.39. The molecule has 1 aromatic carbocycles. The standard InChI is InChI=1S/C28H37NO15/c1-13(31)29-19-21(20(35)18(11-30)42-27(19)38-12-17-9-7-6-8-10-17)43-28(5)25(41-16(4)34)23(40-15(3)33)22(39-14(2)32)24(44-28)26(36)37/h6-10,18-25,27,30,35H,11-12H2,1-5H3,(H,29,31)(H,36,37)/t18-,19-,20+,21-,22+,23+,24+,25-,27-,28-/m1/s1. The molecule has 2 saturated heterocycles. The molecule has 0 spiro atoms. The molecule has 16 nitrogen and oxygen atoms in total. The Hall–Kier alpha value is -3.67. The van der Waals surface area contributed by atoms with Crippen LogP contribution in [0.4, 0.5) is 0 Å². The Bertz CT molecular complexity index is 1190. The molecule has 3 rings (SSSR count). The van der Waals surface area contributed by atoms with Crippen LogP contribution in [0.1, 0.15) is 40.2 Å². The van der Waals surface area contributed by atoms with Crippen LogP contribution in [0.5, 0.6) is 0 Å². The lowest BCUT2D eigenvalue weighted by Gasteiger charge is -2.52. The number of rotatable bonds is 11. The van der Waals surface area contributed by atoms with Crippen LogP contribution >= 0.6 is 0 Å². The molecule has 0 aromatic heterocycles. The Balaban J connectivity index is 2.08. The van der Waals surface area contributed by atoms with Crippen LogP contribution in [0, 0.1) is 0 Å². The van der Waals surface area contributed by atoms with E-state index in [9.17, 15) is 39.3 Å². The number of ether oxygens (including phenoxy) is 7. The molecule has 2 aliphatic heterocycles. The molecule has 244 valence electrons. The molecule has 0 aliphatic carbocycles. The molecule has 4 N–H and O–H groups in total. The van der Waals surface area contributed by atoms with Gasteiger partial charge in [-0.05, 0) is 12.5 Å². The summed E-state index contributed by atoms with van der Waals surface area (Å²) in [6, 6.07) is 7.57. The third-order valence-electron chi connectivity index (χ3n) is 6.79. The molecule has 2 aliphatic rings. The maximum atomic E-state index is 12.3. The van der Waals surface area contributed by atoms with E-state index in [2.05, 4.69) is 5.32 Å². The number of carboxylic acids is 1. The minimum atomic E-state index is -2.35. The highest BCUT2D eigenvalue weighted by molar-refractivity contribution is 5.75. The summed E-state index contributed by atoms with van der Waals surface area (Å²) in [5.41, 5.74) is 0.726. The molecule has 2 fully saturated rings. The van der Waals surface area contributed by atoms with E-state index in [1.165, 1.54) is 6.92 Å². The summed E-state index contributed by atoms with van der Waals surface area (Å²) in [5, 5.41) is 33.8. The Morgan fingerprint density at radius 1 is 0.909 bits per heavy atom. The smallest absolute Gasteiger partial charge is 0.337 e. The summed E-state index contributed by atoms with van der Waals surface area (Å²) in [6.07, 6.45) is -13.3. The molecule has 0 unspecified atom stereocenters. The summed E-state index contributed by atoms with van der Waals surface area (Å²) < 4.78 is 39.5. The predicted molar refractivity (Wildman–Crippen MR) is 143 cm³/mol. The van der Waals surface area contributed by atoms with Crippen LogP contribution in [0.25, 0.3) is 0 Å². The summed E-state index contributed by atoms with van der Waals surface area (Å²) >= 11 is 0. The molecule has 10 atom stereocenters. The van der Waals surface area contributed by atoms with Crippen molar-refractivity contribution in [2.24, 2.45) is 0 Å². The maximum absolute atomic E-state index is 12.3.